The molecule has 2 saturated carbocycles. The fraction of sp³-hybridized carbons (Fsp3) is 0.433. The molecule has 7 rings (SSSR count). The average Bonchev–Trinajstić information content (AvgIpc) is 3.92. The summed E-state index contributed by atoms with van der Waals surface area (Å²) in [7, 11) is 0. The quantitative estimate of drug-likeness (QED) is 0.353. The number of hydrogen-bond donors (Lipinski definition) is 0. The highest BCUT2D eigenvalue weighted by molar-refractivity contribution is 6.29. The van der Waals surface area contributed by atoms with Crippen molar-refractivity contribution >= 4 is 40.8 Å². The Kier molecular flexibility index (Phi) is 6.76. The first-order valence-corrected chi connectivity index (χ1v) is 14.9. The smallest absolute Gasteiger partial charge is 0.333 e. The lowest BCUT2D eigenvalue weighted by molar-refractivity contribution is -0.127. The summed E-state index contributed by atoms with van der Waals surface area (Å²) in [5, 5.41) is 0.294. The fourth-order valence-corrected chi connectivity index (χ4v) is 5.94. The first-order chi connectivity index (χ1) is 20.4. The van der Waals surface area contributed by atoms with E-state index in [1.165, 1.54) is 10.8 Å². The molecule has 3 fully saturated rings. The molecule has 2 amide bonds. The van der Waals surface area contributed by atoms with Crippen LogP contribution in [0.3, 0.4) is 0 Å². The van der Waals surface area contributed by atoms with Crippen LogP contribution in [0.25, 0.3) is 0 Å². The van der Waals surface area contributed by atoms with Crippen LogP contribution in [-0.2, 0) is 11.2 Å². The molecular weight excluding hydrogens is 558 g/mol. The fourth-order valence-electron chi connectivity index (χ4n) is 5.83. The summed E-state index contributed by atoms with van der Waals surface area (Å²) in [6.45, 7) is 1.67. The first kappa shape index (κ1) is 26.8. The highest BCUT2D eigenvalue weighted by Crippen LogP contribution is 2.40. The van der Waals surface area contributed by atoms with Gasteiger partial charge in [0.05, 0.1) is 16.8 Å². The minimum absolute atomic E-state index is 0.00625. The van der Waals surface area contributed by atoms with Gasteiger partial charge >= 0.3 is 5.69 Å². The normalized spacial score (nSPS) is 17.9. The molecule has 2 aliphatic carbocycles. The second-order valence-corrected chi connectivity index (χ2v) is 11.8. The van der Waals surface area contributed by atoms with E-state index in [0.29, 0.717) is 66.0 Å². The van der Waals surface area contributed by atoms with Gasteiger partial charge in [-0.2, -0.15) is 0 Å². The maximum atomic E-state index is 13.5. The van der Waals surface area contributed by atoms with Gasteiger partial charge in [0.15, 0.2) is 0 Å². The molecule has 4 aliphatic rings. The number of halogens is 1. The number of nitrogens with zero attached hydrogens (tertiary/aromatic N) is 7. The van der Waals surface area contributed by atoms with Gasteiger partial charge in [0, 0.05) is 62.5 Å². The molecule has 3 aromatic heterocycles. The van der Waals surface area contributed by atoms with Crippen molar-refractivity contribution in [1.29, 1.82) is 0 Å². The minimum atomic E-state index is -0.271. The zero-order valence-corrected chi connectivity index (χ0v) is 23.8. The lowest BCUT2D eigenvalue weighted by Crippen LogP contribution is -2.40. The minimum Gasteiger partial charge on any atom is -0.343 e. The molecular formula is C30H30ClN7O4. The van der Waals surface area contributed by atoms with Crippen LogP contribution in [0, 0.1) is 0 Å². The van der Waals surface area contributed by atoms with Crippen LogP contribution in [-0.4, -0.2) is 61.2 Å². The summed E-state index contributed by atoms with van der Waals surface area (Å²) in [6.07, 6.45) is 8.98. The second-order valence-electron chi connectivity index (χ2n) is 11.4. The molecule has 0 unspecified atom stereocenters. The van der Waals surface area contributed by atoms with Crippen LogP contribution >= 0.6 is 11.6 Å². The summed E-state index contributed by atoms with van der Waals surface area (Å²) < 4.78 is 3.15. The van der Waals surface area contributed by atoms with E-state index in [1.807, 2.05) is 11.0 Å². The summed E-state index contributed by atoms with van der Waals surface area (Å²) in [5.41, 5.74) is 1.87. The van der Waals surface area contributed by atoms with Gasteiger partial charge in [-0.3, -0.25) is 28.4 Å². The van der Waals surface area contributed by atoms with Crippen LogP contribution in [0.15, 0.2) is 51.2 Å². The largest absolute Gasteiger partial charge is 0.343 e. The van der Waals surface area contributed by atoms with E-state index < -0.39 is 0 Å². The van der Waals surface area contributed by atoms with Crippen LogP contribution in [0.2, 0.25) is 5.15 Å². The van der Waals surface area contributed by atoms with Crippen molar-refractivity contribution in [1.82, 2.24) is 24.0 Å². The van der Waals surface area contributed by atoms with E-state index >= 15 is 0 Å². The van der Waals surface area contributed by atoms with Crippen molar-refractivity contribution in [3.05, 3.63) is 79.3 Å². The van der Waals surface area contributed by atoms with Crippen LogP contribution in [0.4, 0.5) is 11.6 Å². The predicted molar refractivity (Wildman–Crippen MR) is 157 cm³/mol. The molecule has 0 aromatic carbocycles. The van der Waals surface area contributed by atoms with Gasteiger partial charge < -0.3 is 4.90 Å². The third-order valence-corrected chi connectivity index (χ3v) is 8.58. The van der Waals surface area contributed by atoms with Crippen molar-refractivity contribution in [2.45, 2.75) is 63.5 Å². The lowest BCUT2D eigenvalue weighted by atomic mass is 10.1. The molecule has 216 valence electrons. The van der Waals surface area contributed by atoms with E-state index in [2.05, 4.69) is 9.97 Å². The van der Waals surface area contributed by atoms with Crippen LogP contribution < -0.4 is 16.1 Å². The van der Waals surface area contributed by atoms with Crippen LogP contribution in [0.5, 0.6) is 0 Å². The number of rotatable bonds is 9. The number of aliphatic imine (C=N–C) groups is 1. The number of anilines is 1. The summed E-state index contributed by atoms with van der Waals surface area (Å²) in [5.74, 6) is 0.805. The molecule has 0 spiro atoms. The Hall–Kier alpha value is -4.12. The third kappa shape index (κ3) is 4.95. The van der Waals surface area contributed by atoms with Crippen molar-refractivity contribution in [2.24, 2.45) is 4.99 Å². The Labute approximate surface area is 246 Å². The van der Waals surface area contributed by atoms with E-state index in [9.17, 15) is 19.2 Å². The Bertz CT molecular complexity index is 1720. The topological polar surface area (TPSA) is 123 Å². The molecule has 5 heterocycles. The van der Waals surface area contributed by atoms with Gasteiger partial charge in [-0.05, 0) is 62.8 Å². The van der Waals surface area contributed by atoms with Gasteiger partial charge in [-0.25, -0.2) is 19.8 Å². The average molecular weight is 588 g/mol. The third-order valence-electron chi connectivity index (χ3n) is 8.35. The lowest BCUT2D eigenvalue weighted by Gasteiger charge is -2.23. The first-order valence-electron chi connectivity index (χ1n) is 14.5. The predicted octanol–water partition coefficient (Wildman–Crippen LogP) is 3.46. The summed E-state index contributed by atoms with van der Waals surface area (Å²) in [6, 6.07) is 6.89. The summed E-state index contributed by atoms with van der Waals surface area (Å²) in [4.78, 5) is 69.0. The van der Waals surface area contributed by atoms with Crippen molar-refractivity contribution in [2.75, 3.05) is 24.5 Å². The van der Waals surface area contributed by atoms with E-state index in [0.717, 1.165) is 44.2 Å². The number of carbonyl (C=O) groups is 2. The second kappa shape index (κ2) is 10.6. The number of aromatic nitrogens is 4. The van der Waals surface area contributed by atoms with Gasteiger partial charge in [0.1, 0.15) is 16.8 Å². The molecule has 0 bridgehead atoms. The zero-order chi connectivity index (χ0) is 29.0. The highest BCUT2D eigenvalue weighted by Gasteiger charge is 2.37. The molecule has 3 aromatic rings. The number of carbonyl (C=O) groups excluding carboxylic acids is 2. The molecule has 12 heteroatoms. The number of likely N-dealkylation sites (tertiary alicyclic amines) is 1. The van der Waals surface area contributed by atoms with E-state index in [1.54, 1.807) is 33.9 Å². The maximum absolute atomic E-state index is 13.5. The molecule has 0 atom stereocenters. The Balaban J connectivity index is 1.16. The van der Waals surface area contributed by atoms with Gasteiger partial charge in [-0.15, -0.1) is 0 Å². The van der Waals surface area contributed by atoms with E-state index in [4.69, 9.17) is 16.6 Å². The van der Waals surface area contributed by atoms with E-state index in [-0.39, 0.29) is 35.1 Å². The molecule has 2 aliphatic heterocycles. The zero-order valence-electron chi connectivity index (χ0n) is 23.0. The van der Waals surface area contributed by atoms with Crippen molar-refractivity contribution in [3.63, 3.8) is 0 Å². The summed E-state index contributed by atoms with van der Waals surface area (Å²) >= 11 is 5.94. The number of amides is 2. The molecule has 11 nitrogen and oxygen atoms in total. The Morgan fingerprint density at radius 3 is 2.40 bits per heavy atom. The van der Waals surface area contributed by atoms with Crippen molar-refractivity contribution in [3.8, 4) is 0 Å². The van der Waals surface area contributed by atoms with Gasteiger partial charge in [0.25, 0.3) is 11.5 Å². The molecule has 1 saturated heterocycles. The monoisotopic (exact) mass is 587 g/mol. The van der Waals surface area contributed by atoms with Gasteiger partial charge in [-0.1, -0.05) is 11.6 Å². The number of hydrogen-bond acceptors (Lipinski definition) is 7. The number of pyridine rings is 2. The highest BCUT2D eigenvalue weighted by atomic mass is 35.5. The van der Waals surface area contributed by atoms with Crippen molar-refractivity contribution < 1.29 is 9.59 Å². The molecule has 0 N–H and O–H groups in total. The Morgan fingerprint density at radius 2 is 1.76 bits per heavy atom. The number of fused-ring (bicyclic) bond motifs is 1. The SMILES string of the molecule is O=C1CCCN1CCCN(C(=O)c1ccc(Cl)nc1)c1ccc(C2=Nc3c(c(=O)n(C4CC4)c(=O)n3C3CC3)C2)cn1. The van der Waals surface area contributed by atoms with Gasteiger partial charge in [0.2, 0.25) is 5.91 Å². The van der Waals surface area contributed by atoms with Crippen LogP contribution in [0.1, 0.15) is 78.5 Å². The maximum Gasteiger partial charge on any atom is 0.333 e. The molecule has 42 heavy (non-hydrogen) atoms. The Morgan fingerprint density at radius 1 is 0.976 bits per heavy atom. The standard InChI is InChI=1S/C30H30ClN7O4/c31-24-10-4-19(17-32-24)28(40)36(14-2-13-35-12-1-3-26(35)39)25-11-5-18(16-33-25)23-15-22-27(34-23)37(20-6-7-20)30(42)38(29(22)41)21-8-9-21/h4-5,10-11,16-17,20-21H,1-3,6-9,12-15H2. The molecule has 0 radical (unpaired) electrons.